The largest absolute Gasteiger partial charge is 0.379 e. The van der Waals surface area contributed by atoms with Crippen molar-refractivity contribution in [3.8, 4) is 0 Å². The fourth-order valence-corrected chi connectivity index (χ4v) is 2.05. The number of hydrogen-bond donors (Lipinski definition) is 2. The minimum absolute atomic E-state index is 0.152. The first-order valence-electron chi connectivity index (χ1n) is 5.18. The van der Waals surface area contributed by atoms with Crippen molar-refractivity contribution in [2.75, 3.05) is 19.8 Å². The van der Waals surface area contributed by atoms with Crippen molar-refractivity contribution in [1.82, 2.24) is 10.6 Å². The van der Waals surface area contributed by atoms with Crippen molar-refractivity contribution in [1.29, 1.82) is 0 Å². The van der Waals surface area contributed by atoms with Crippen LogP contribution in [-0.4, -0.2) is 37.7 Å². The molecule has 2 aliphatic rings. The molecule has 14 heavy (non-hydrogen) atoms. The van der Waals surface area contributed by atoms with E-state index in [-0.39, 0.29) is 17.4 Å². The molecule has 0 aliphatic carbocycles. The summed E-state index contributed by atoms with van der Waals surface area (Å²) in [6.07, 6.45) is 0.604. The Morgan fingerprint density at radius 1 is 1.57 bits per heavy atom. The summed E-state index contributed by atoms with van der Waals surface area (Å²) in [5.41, 5.74) is 0.186. The first kappa shape index (κ1) is 9.93. The summed E-state index contributed by atoms with van der Waals surface area (Å²) >= 11 is 0. The second kappa shape index (κ2) is 3.51. The highest BCUT2D eigenvalue weighted by Gasteiger charge is 2.37. The van der Waals surface area contributed by atoms with E-state index >= 15 is 0 Å². The Morgan fingerprint density at radius 2 is 2.36 bits per heavy atom. The molecule has 2 unspecified atom stereocenters. The Balaban J connectivity index is 1.88. The van der Waals surface area contributed by atoms with Gasteiger partial charge in [0.15, 0.2) is 0 Å². The standard InChI is InChI=1S/C10H18N2O2/c1-10(2)6-14-5-8(10)12-7-3-9(13)11-4-7/h7-8,12H,3-6H2,1-2H3,(H,11,13). The number of ether oxygens (including phenoxy) is 1. The van der Waals surface area contributed by atoms with Gasteiger partial charge in [-0.25, -0.2) is 0 Å². The van der Waals surface area contributed by atoms with Gasteiger partial charge < -0.3 is 15.4 Å². The van der Waals surface area contributed by atoms with Crippen LogP contribution >= 0.6 is 0 Å². The second-order valence-corrected chi connectivity index (χ2v) is 4.93. The van der Waals surface area contributed by atoms with Crippen LogP contribution in [0.4, 0.5) is 0 Å². The number of carbonyl (C=O) groups is 1. The Bertz CT molecular complexity index is 240. The third-order valence-corrected chi connectivity index (χ3v) is 3.12. The van der Waals surface area contributed by atoms with E-state index in [4.69, 9.17) is 4.74 Å². The number of rotatable bonds is 2. The molecular formula is C10H18N2O2. The Hall–Kier alpha value is -0.610. The Labute approximate surface area is 84.4 Å². The van der Waals surface area contributed by atoms with Crippen molar-refractivity contribution in [2.24, 2.45) is 5.41 Å². The first-order chi connectivity index (χ1) is 6.58. The van der Waals surface area contributed by atoms with E-state index < -0.39 is 0 Å². The molecule has 0 bridgehead atoms. The molecule has 80 valence electrons. The highest BCUT2D eigenvalue weighted by atomic mass is 16.5. The molecule has 0 aromatic rings. The molecule has 0 saturated carbocycles. The van der Waals surface area contributed by atoms with E-state index in [1.807, 2.05) is 0 Å². The van der Waals surface area contributed by atoms with Crippen LogP contribution < -0.4 is 10.6 Å². The molecule has 1 amide bonds. The van der Waals surface area contributed by atoms with Gasteiger partial charge in [-0.05, 0) is 0 Å². The number of nitrogens with one attached hydrogen (secondary N) is 2. The quantitative estimate of drug-likeness (QED) is 0.651. The molecule has 0 radical (unpaired) electrons. The third kappa shape index (κ3) is 1.91. The minimum Gasteiger partial charge on any atom is -0.379 e. The summed E-state index contributed by atoms with van der Waals surface area (Å²) in [6.45, 7) is 6.71. The molecule has 2 N–H and O–H groups in total. The molecule has 0 aromatic carbocycles. The van der Waals surface area contributed by atoms with Crippen LogP contribution in [0.3, 0.4) is 0 Å². The molecule has 2 saturated heterocycles. The van der Waals surface area contributed by atoms with Crippen molar-refractivity contribution in [3.63, 3.8) is 0 Å². The van der Waals surface area contributed by atoms with Gasteiger partial charge in [0, 0.05) is 30.5 Å². The zero-order chi connectivity index (χ0) is 10.2. The predicted molar refractivity (Wildman–Crippen MR) is 52.9 cm³/mol. The van der Waals surface area contributed by atoms with Crippen molar-refractivity contribution >= 4 is 5.91 Å². The summed E-state index contributed by atoms with van der Waals surface area (Å²) in [6, 6.07) is 0.661. The molecule has 2 rings (SSSR count). The number of amides is 1. The maximum Gasteiger partial charge on any atom is 0.221 e. The lowest BCUT2D eigenvalue weighted by atomic mass is 9.87. The van der Waals surface area contributed by atoms with E-state index in [9.17, 15) is 4.79 Å². The lowest BCUT2D eigenvalue weighted by Gasteiger charge is -2.27. The normalized spacial score (nSPS) is 36.0. The zero-order valence-electron chi connectivity index (χ0n) is 8.80. The number of carbonyl (C=O) groups excluding carboxylic acids is 1. The van der Waals surface area contributed by atoms with Gasteiger partial charge >= 0.3 is 0 Å². The lowest BCUT2D eigenvalue weighted by Crippen LogP contribution is -2.47. The predicted octanol–water partition coefficient (Wildman–Crippen LogP) is -0.110. The Kier molecular flexibility index (Phi) is 2.49. The van der Waals surface area contributed by atoms with Crippen molar-refractivity contribution < 1.29 is 9.53 Å². The van der Waals surface area contributed by atoms with Crippen LogP contribution in [0.25, 0.3) is 0 Å². The molecule has 2 fully saturated rings. The van der Waals surface area contributed by atoms with Gasteiger partial charge in [0.1, 0.15) is 0 Å². The van der Waals surface area contributed by atoms with E-state index in [1.165, 1.54) is 0 Å². The van der Waals surface area contributed by atoms with Gasteiger partial charge in [0.05, 0.1) is 13.2 Å². The molecular weight excluding hydrogens is 180 g/mol. The smallest absolute Gasteiger partial charge is 0.221 e. The molecule has 0 spiro atoms. The SMILES string of the molecule is CC1(C)COCC1NC1CNC(=O)C1. The summed E-state index contributed by atoms with van der Waals surface area (Å²) in [5.74, 6) is 0.152. The highest BCUT2D eigenvalue weighted by molar-refractivity contribution is 5.78. The van der Waals surface area contributed by atoms with Crippen LogP contribution in [0, 0.1) is 5.41 Å². The average Bonchev–Trinajstić information content (AvgIpc) is 2.61. The molecule has 2 aliphatic heterocycles. The van der Waals surface area contributed by atoms with E-state index in [0.717, 1.165) is 19.8 Å². The summed E-state index contributed by atoms with van der Waals surface area (Å²) in [7, 11) is 0. The van der Waals surface area contributed by atoms with Crippen LogP contribution in [0.15, 0.2) is 0 Å². The molecule has 4 heteroatoms. The van der Waals surface area contributed by atoms with E-state index in [1.54, 1.807) is 0 Å². The van der Waals surface area contributed by atoms with Crippen molar-refractivity contribution in [3.05, 3.63) is 0 Å². The maximum absolute atomic E-state index is 11.0. The van der Waals surface area contributed by atoms with Crippen molar-refractivity contribution in [2.45, 2.75) is 32.4 Å². The van der Waals surface area contributed by atoms with E-state index in [0.29, 0.717) is 12.5 Å². The van der Waals surface area contributed by atoms with Gasteiger partial charge in [-0.15, -0.1) is 0 Å². The zero-order valence-corrected chi connectivity index (χ0v) is 8.80. The fraction of sp³-hybridized carbons (Fsp3) is 0.900. The first-order valence-corrected chi connectivity index (χ1v) is 5.18. The van der Waals surface area contributed by atoms with Gasteiger partial charge in [-0.3, -0.25) is 4.79 Å². The highest BCUT2D eigenvalue weighted by Crippen LogP contribution is 2.27. The van der Waals surface area contributed by atoms with Crippen LogP contribution in [-0.2, 0) is 9.53 Å². The van der Waals surface area contributed by atoms with E-state index in [2.05, 4.69) is 24.5 Å². The van der Waals surface area contributed by atoms with Crippen LogP contribution in [0.2, 0.25) is 0 Å². The van der Waals surface area contributed by atoms with Gasteiger partial charge in [-0.1, -0.05) is 13.8 Å². The molecule has 2 atom stereocenters. The fourth-order valence-electron chi connectivity index (χ4n) is 2.05. The molecule has 0 aromatic heterocycles. The van der Waals surface area contributed by atoms with Gasteiger partial charge in [0.25, 0.3) is 0 Å². The summed E-state index contributed by atoms with van der Waals surface area (Å²) in [4.78, 5) is 11.0. The molecule has 4 nitrogen and oxygen atoms in total. The molecule has 2 heterocycles. The maximum atomic E-state index is 11.0. The third-order valence-electron chi connectivity index (χ3n) is 3.12. The number of hydrogen-bond acceptors (Lipinski definition) is 3. The second-order valence-electron chi connectivity index (χ2n) is 4.93. The summed E-state index contributed by atoms with van der Waals surface area (Å²) < 4.78 is 5.44. The topological polar surface area (TPSA) is 50.4 Å². The lowest BCUT2D eigenvalue weighted by molar-refractivity contribution is -0.119. The monoisotopic (exact) mass is 198 g/mol. The van der Waals surface area contributed by atoms with Gasteiger partial charge in [-0.2, -0.15) is 0 Å². The van der Waals surface area contributed by atoms with Gasteiger partial charge in [0.2, 0.25) is 5.91 Å². The summed E-state index contributed by atoms with van der Waals surface area (Å²) in [5, 5.41) is 6.32. The van der Waals surface area contributed by atoms with Crippen LogP contribution in [0.1, 0.15) is 20.3 Å². The average molecular weight is 198 g/mol. The van der Waals surface area contributed by atoms with Crippen LogP contribution in [0.5, 0.6) is 0 Å². The minimum atomic E-state index is 0.152. The Morgan fingerprint density at radius 3 is 2.86 bits per heavy atom.